The molecule has 16 heavy (non-hydrogen) atoms. The van der Waals surface area contributed by atoms with E-state index in [9.17, 15) is 13.6 Å². The van der Waals surface area contributed by atoms with Crippen LogP contribution in [0.4, 0.5) is 8.78 Å². The van der Waals surface area contributed by atoms with Gasteiger partial charge >= 0.3 is 5.97 Å². The number of carboxylic acid groups (broad SMARTS) is 1. The number of rotatable bonds is 4. The molecule has 94 valence electrons. The normalized spacial score (nSPS) is 30.2. The molecule has 1 atom stereocenters. The minimum absolute atomic E-state index is 0.0336. The Morgan fingerprint density at radius 3 is 2.56 bits per heavy atom. The predicted octanol–water partition coefficient (Wildman–Crippen LogP) is 2.22. The second kappa shape index (κ2) is 4.65. The number of carboxylic acids is 1. The highest BCUT2D eigenvalue weighted by Crippen LogP contribution is 2.47. The van der Waals surface area contributed by atoms with Crippen molar-refractivity contribution in [1.29, 1.82) is 0 Å². The molecule has 3 nitrogen and oxygen atoms in total. The van der Waals surface area contributed by atoms with Crippen LogP contribution < -0.4 is 0 Å². The van der Waals surface area contributed by atoms with Crippen molar-refractivity contribution in [2.45, 2.75) is 38.5 Å². The molecule has 0 aromatic rings. The Hall–Kier alpha value is -0.710. The molecule has 1 fully saturated rings. The first-order chi connectivity index (χ1) is 7.35. The summed E-state index contributed by atoms with van der Waals surface area (Å²) in [7, 11) is 1.60. The molecule has 0 bridgehead atoms. The third-order valence-electron chi connectivity index (χ3n) is 3.46. The zero-order chi connectivity index (χ0) is 12.4. The van der Waals surface area contributed by atoms with Crippen LogP contribution in [0, 0.1) is 5.41 Å². The molecule has 1 rings (SSSR count). The Balaban J connectivity index is 2.94. The molecule has 1 heterocycles. The van der Waals surface area contributed by atoms with E-state index in [1.807, 2.05) is 6.92 Å². The van der Waals surface area contributed by atoms with Crippen LogP contribution in [0.2, 0.25) is 0 Å². The molecule has 1 aliphatic rings. The van der Waals surface area contributed by atoms with Gasteiger partial charge in [-0.05, 0) is 26.4 Å². The number of piperidine rings is 1. The van der Waals surface area contributed by atoms with Gasteiger partial charge in [0.2, 0.25) is 0 Å². The Labute approximate surface area is 94.4 Å². The van der Waals surface area contributed by atoms with E-state index in [1.54, 1.807) is 7.05 Å². The van der Waals surface area contributed by atoms with Gasteiger partial charge in [-0.25, -0.2) is 8.78 Å². The van der Waals surface area contributed by atoms with Gasteiger partial charge in [-0.15, -0.1) is 0 Å². The zero-order valence-corrected chi connectivity index (χ0v) is 9.80. The van der Waals surface area contributed by atoms with E-state index in [0.29, 0.717) is 13.0 Å². The summed E-state index contributed by atoms with van der Waals surface area (Å²) in [6.07, 6.45) is 1.37. The van der Waals surface area contributed by atoms with Gasteiger partial charge in [0.05, 0.1) is 6.54 Å². The van der Waals surface area contributed by atoms with E-state index in [-0.39, 0.29) is 12.8 Å². The SMILES string of the molecule is CCCCC1(C(=O)O)CCN(C)CC1(F)F. The van der Waals surface area contributed by atoms with Crippen LogP contribution in [0.25, 0.3) is 0 Å². The van der Waals surface area contributed by atoms with Crippen LogP contribution in [0.3, 0.4) is 0 Å². The lowest BCUT2D eigenvalue weighted by Gasteiger charge is -2.43. The van der Waals surface area contributed by atoms with Crippen LogP contribution in [-0.4, -0.2) is 42.0 Å². The number of unbranched alkanes of at least 4 members (excludes halogenated alkanes) is 1. The third-order valence-corrected chi connectivity index (χ3v) is 3.46. The Kier molecular flexibility index (Phi) is 3.88. The number of carbonyl (C=O) groups is 1. The van der Waals surface area contributed by atoms with Gasteiger partial charge in [-0.3, -0.25) is 4.79 Å². The summed E-state index contributed by atoms with van der Waals surface area (Å²) in [4.78, 5) is 12.7. The lowest BCUT2D eigenvalue weighted by Crippen LogP contribution is -2.58. The summed E-state index contributed by atoms with van der Waals surface area (Å²) in [5.74, 6) is -4.49. The van der Waals surface area contributed by atoms with Gasteiger partial charge < -0.3 is 10.0 Å². The molecule has 5 heteroatoms. The summed E-state index contributed by atoms with van der Waals surface area (Å²) in [6, 6.07) is 0. The average molecular weight is 235 g/mol. The monoisotopic (exact) mass is 235 g/mol. The highest BCUT2D eigenvalue weighted by molar-refractivity contribution is 5.76. The molecule has 0 saturated carbocycles. The topological polar surface area (TPSA) is 40.5 Å². The van der Waals surface area contributed by atoms with Crippen LogP contribution in [0.5, 0.6) is 0 Å². The lowest BCUT2D eigenvalue weighted by atomic mass is 9.71. The number of aliphatic carboxylic acids is 1. The molecule has 0 spiro atoms. The van der Waals surface area contributed by atoms with E-state index >= 15 is 0 Å². The molecular weight excluding hydrogens is 216 g/mol. The molecule has 0 amide bonds. The number of halogens is 2. The molecule has 1 unspecified atom stereocenters. The third kappa shape index (κ3) is 2.19. The fourth-order valence-electron chi connectivity index (χ4n) is 2.29. The summed E-state index contributed by atoms with van der Waals surface area (Å²) >= 11 is 0. The van der Waals surface area contributed by atoms with Crippen molar-refractivity contribution in [1.82, 2.24) is 4.90 Å². The maximum absolute atomic E-state index is 13.9. The number of alkyl halides is 2. The van der Waals surface area contributed by atoms with Gasteiger partial charge in [-0.2, -0.15) is 0 Å². The highest BCUT2D eigenvalue weighted by Gasteiger charge is 2.60. The Bertz CT molecular complexity index is 267. The van der Waals surface area contributed by atoms with Crippen LogP contribution in [-0.2, 0) is 4.79 Å². The van der Waals surface area contributed by atoms with E-state index < -0.39 is 23.9 Å². The van der Waals surface area contributed by atoms with Gasteiger partial charge in [0.1, 0.15) is 5.41 Å². The highest BCUT2D eigenvalue weighted by atomic mass is 19.3. The van der Waals surface area contributed by atoms with Gasteiger partial charge in [0.15, 0.2) is 0 Å². The largest absolute Gasteiger partial charge is 0.481 e. The molecular formula is C11H19F2NO2. The predicted molar refractivity (Wildman–Crippen MR) is 56.7 cm³/mol. The van der Waals surface area contributed by atoms with E-state index in [0.717, 1.165) is 6.42 Å². The van der Waals surface area contributed by atoms with Crippen molar-refractivity contribution in [3.63, 3.8) is 0 Å². The Morgan fingerprint density at radius 2 is 2.12 bits per heavy atom. The van der Waals surface area contributed by atoms with Crippen LogP contribution >= 0.6 is 0 Å². The summed E-state index contributed by atoms with van der Waals surface area (Å²) in [5, 5.41) is 9.14. The smallest absolute Gasteiger partial charge is 0.315 e. The van der Waals surface area contributed by atoms with Crippen LogP contribution in [0.1, 0.15) is 32.6 Å². The first kappa shape index (κ1) is 13.4. The second-order valence-corrected chi connectivity index (χ2v) is 4.68. The molecule has 0 radical (unpaired) electrons. The number of hydrogen-bond acceptors (Lipinski definition) is 2. The molecule has 1 saturated heterocycles. The first-order valence-corrected chi connectivity index (χ1v) is 5.65. The van der Waals surface area contributed by atoms with Crippen molar-refractivity contribution in [2.24, 2.45) is 5.41 Å². The minimum atomic E-state index is -3.14. The molecule has 0 aromatic heterocycles. The number of likely N-dealkylation sites (tertiary alicyclic amines) is 1. The van der Waals surface area contributed by atoms with Crippen molar-refractivity contribution in [3.05, 3.63) is 0 Å². The van der Waals surface area contributed by atoms with Gasteiger partial charge in [0.25, 0.3) is 5.92 Å². The molecule has 1 N–H and O–H groups in total. The summed E-state index contributed by atoms with van der Waals surface area (Å²) in [6.45, 7) is 1.84. The molecule has 0 aromatic carbocycles. The summed E-state index contributed by atoms with van der Waals surface area (Å²) < 4.78 is 27.9. The van der Waals surface area contributed by atoms with Gasteiger partial charge in [-0.1, -0.05) is 19.8 Å². The fraction of sp³-hybridized carbons (Fsp3) is 0.909. The average Bonchev–Trinajstić information content (AvgIpc) is 2.15. The van der Waals surface area contributed by atoms with Crippen LogP contribution in [0.15, 0.2) is 0 Å². The van der Waals surface area contributed by atoms with Crippen molar-refractivity contribution in [3.8, 4) is 0 Å². The Morgan fingerprint density at radius 1 is 1.50 bits per heavy atom. The van der Waals surface area contributed by atoms with Crippen molar-refractivity contribution in [2.75, 3.05) is 20.1 Å². The fourth-order valence-corrected chi connectivity index (χ4v) is 2.29. The zero-order valence-electron chi connectivity index (χ0n) is 9.80. The lowest BCUT2D eigenvalue weighted by molar-refractivity contribution is -0.198. The minimum Gasteiger partial charge on any atom is -0.481 e. The number of hydrogen-bond donors (Lipinski definition) is 1. The summed E-state index contributed by atoms with van der Waals surface area (Å²) in [5.41, 5.74) is -1.85. The van der Waals surface area contributed by atoms with Gasteiger partial charge in [0, 0.05) is 0 Å². The van der Waals surface area contributed by atoms with Crippen molar-refractivity contribution >= 4 is 5.97 Å². The molecule has 0 aliphatic carbocycles. The van der Waals surface area contributed by atoms with E-state index in [2.05, 4.69) is 0 Å². The quantitative estimate of drug-likeness (QED) is 0.812. The standard InChI is InChI=1S/C11H19F2NO2/c1-3-4-5-10(9(15)16)6-7-14(2)8-11(10,12)13/h3-8H2,1-2H3,(H,15,16). The maximum atomic E-state index is 13.9. The molecule has 1 aliphatic heterocycles. The second-order valence-electron chi connectivity index (χ2n) is 4.68. The maximum Gasteiger partial charge on any atom is 0.315 e. The first-order valence-electron chi connectivity index (χ1n) is 5.65. The number of nitrogens with zero attached hydrogens (tertiary/aromatic N) is 1. The van der Waals surface area contributed by atoms with E-state index in [4.69, 9.17) is 5.11 Å². The van der Waals surface area contributed by atoms with E-state index in [1.165, 1.54) is 4.90 Å². The van der Waals surface area contributed by atoms with Crippen molar-refractivity contribution < 1.29 is 18.7 Å².